The van der Waals surface area contributed by atoms with Crippen molar-refractivity contribution in [3.05, 3.63) is 58.9 Å². The summed E-state index contributed by atoms with van der Waals surface area (Å²) in [7, 11) is 0. The van der Waals surface area contributed by atoms with Crippen LogP contribution in [0.4, 0.5) is 15.8 Å². The number of nitrogens with one attached hydrogen (secondary N) is 1. The summed E-state index contributed by atoms with van der Waals surface area (Å²) in [5.74, 6) is -0.0840. The minimum atomic E-state index is -0.206. The summed E-state index contributed by atoms with van der Waals surface area (Å²) in [6.07, 6.45) is 3.85. The van der Waals surface area contributed by atoms with Gasteiger partial charge in [-0.25, -0.2) is 4.39 Å². The van der Waals surface area contributed by atoms with E-state index in [-0.39, 0.29) is 17.1 Å². The second-order valence-corrected chi connectivity index (χ2v) is 8.06. The average molecular weight is 352 g/mol. The van der Waals surface area contributed by atoms with Crippen molar-refractivity contribution in [3.8, 4) is 0 Å². The van der Waals surface area contributed by atoms with Crippen molar-refractivity contribution < 1.29 is 9.18 Å². The van der Waals surface area contributed by atoms with E-state index in [1.807, 2.05) is 18.2 Å². The van der Waals surface area contributed by atoms with Crippen LogP contribution in [0, 0.1) is 18.2 Å². The molecule has 2 aliphatic rings. The highest BCUT2D eigenvalue weighted by atomic mass is 19.1. The normalized spacial score (nSPS) is 17.6. The van der Waals surface area contributed by atoms with Crippen molar-refractivity contribution in [2.24, 2.45) is 5.41 Å². The van der Waals surface area contributed by atoms with Crippen LogP contribution in [-0.4, -0.2) is 12.5 Å². The van der Waals surface area contributed by atoms with Crippen LogP contribution in [0.15, 0.2) is 36.4 Å². The summed E-state index contributed by atoms with van der Waals surface area (Å²) in [4.78, 5) is 14.6. The van der Waals surface area contributed by atoms with Gasteiger partial charge in [-0.1, -0.05) is 13.0 Å². The molecule has 136 valence electrons. The van der Waals surface area contributed by atoms with Gasteiger partial charge in [0.15, 0.2) is 0 Å². The third-order valence-corrected chi connectivity index (χ3v) is 5.85. The van der Waals surface area contributed by atoms with Crippen molar-refractivity contribution in [2.75, 3.05) is 16.8 Å². The second-order valence-electron chi connectivity index (χ2n) is 8.06. The molecular formula is C22H25FN2O. The molecule has 0 bridgehead atoms. The Bertz CT molecular complexity index is 840. The SMILES string of the molecule is Cc1c(NC(=O)CC2(C)CC2)ccc2c1CCN(c1ccc(F)cc1)C2. The predicted octanol–water partition coefficient (Wildman–Crippen LogP) is 4.83. The topological polar surface area (TPSA) is 32.3 Å². The summed E-state index contributed by atoms with van der Waals surface area (Å²) < 4.78 is 13.1. The van der Waals surface area contributed by atoms with E-state index in [9.17, 15) is 9.18 Å². The van der Waals surface area contributed by atoms with E-state index in [1.165, 1.54) is 28.8 Å². The van der Waals surface area contributed by atoms with Gasteiger partial charge in [0.25, 0.3) is 0 Å². The first-order valence-corrected chi connectivity index (χ1v) is 9.35. The first-order valence-electron chi connectivity index (χ1n) is 9.35. The highest BCUT2D eigenvalue weighted by molar-refractivity contribution is 5.92. The molecule has 4 rings (SSSR count). The van der Waals surface area contributed by atoms with E-state index in [0.29, 0.717) is 6.42 Å². The molecule has 0 unspecified atom stereocenters. The molecule has 1 heterocycles. The molecule has 0 saturated heterocycles. The average Bonchev–Trinajstić information content (AvgIpc) is 3.34. The van der Waals surface area contributed by atoms with Gasteiger partial charge in [-0.2, -0.15) is 0 Å². The molecule has 1 amide bonds. The van der Waals surface area contributed by atoms with E-state index in [1.54, 1.807) is 0 Å². The maximum absolute atomic E-state index is 13.1. The molecular weight excluding hydrogens is 327 g/mol. The maximum atomic E-state index is 13.1. The lowest BCUT2D eigenvalue weighted by molar-refractivity contribution is -0.117. The number of anilines is 2. The quantitative estimate of drug-likeness (QED) is 0.855. The van der Waals surface area contributed by atoms with E-state index in [4.69, 9.17) is 0 Å². The smallest absolute Gasteiger partial charge is 0.224 e. The van der Waals surface area contributed by atoms with Crippen LogP contribution in [-0.2, 0) is 17.8 Å². The molecule has 0 radical (unpaired) electrons. The van der Waals surface area contributed by atoms with Gasteiger partial charge < -0.3 is 10.2 Å². The van der Waals surface area contributed by atoms with E-state index >= 15 is 0 Å². The van der Waals surface area contributed by atoms with Gasteiger partial charge in [0, 0.05) is 30.9 Å². The van der Waals surface area contributed by atoms with Crippen molar-refractivity contribution in [3.63, 3.8) is 0 Å². The number of nitrogens with zero attached hydrogens (tertiary/aromatic N) is 1. The third-order valence-electron chi connectivity index (χ3n) is 5.85. The predicted molar refractivity (Wildman–Crippen MR) is 103 cm³/mol. The lowest BCUT2D eigenvalue weighted by atomic mass is 9.93. The van der Waals surface area contributed by atoms with Gasteiger partial charge in [-0.05, 0) is 78.6 Å². The van der Waals surface area contributed by atoms with Crippen molar-refractivity contribution in [2.45, 2.75) is 46.1 Å². The molecule has 1 aliphatic carbocycles. The molecule has 4 heteroatoms. The highest BCUT2D eigenvalue weighted by Gasteiger charge is 2.39. The highest BCUT2D eigenvalue weighted by Crippen LogP contribution is 2.48. The number of hydrogen-bond acceptors (Lipinski definition) is 2. The summed E-state index contributed by atoms with van der Waals surface area (Å²) in [6, 6.07) is 10.8. The zero-order valence-corrected chi connectivity index (χ0v) is 15.4. The van der Waals surface area contributed by atoms with E-state index in [2.05, 4.69) is 30.1 Å². The summed E-state index contributed by atoms with van der Waals surface area (Å²) in [5.41, 5.74) is 6.00. The Labute approximate surface area is 154 Å². The first kappa shape index (κ1) is 17.1. The largest absolute Gasteiger partial charge is 0.367 e. The number of rotatable bonds is 4. The van der Waals surface area contributed by atoms with Gasteiger partial charge in [0.05, 0.1) is 0 Å². The number of halogens is 1. The van der Waals surface area contributed by atoms with Gasteiger partial charge in [0.2, 0.25) is 5.91 Å². The van der Waals surface area contributed by atoms with E-state index < -0.39 is 0 Å². The third kappa shape index (κ3) is 3.46. The lowest BCUT2D eigenvalue weighted by Gasteiger charge is -2.32. The van der Waals surface area contributed by atoms with Crippen LogP contribution in [0.3, 0.4) is 0 Å². The van der Waals surface area contributed by atoms with Crippen LogP contribution in [0.25, 0.3) is 0 Å². The standard InChI is InChI=1S/C22H25FN2O/c1-15-19-9-12-25(18-6-4-17(23)5-7-18)14-16(19)3-8-20(15)24-21(26)13-22(2)10-11-22/h3-8H,9-14H2,1-2H3,(H,24,26). The molecule has 0 spiro atoms. The van der Waals surface area contributed by atoms with Crippen LogP contribution < -0.4 is 10.2 Å². The summed E-state index contributed by atoms with van der Waals surface area (Å²) in [6.45, 7) is 5.99. The zero-order chi connectivity index (χ0) is 18.3. The Balaban J connectivity index is 1.49. The summed E-state index contributed by atoms with van der Waals surface area (Å²) >= 11 is 0. The zero-order valence-electron chi connectivity index (χ0n) is 15.4. The Morgan fingerprint density at radius 1 is 1.19 bits per heavy atom. The molecule has 0 atom stereocenters. The van der Waals surface area contributed by atoms with Crippen molar-refractivity contribution in [1.82, 2.24) is 0 Å². The van der Waals surface area contributed by atoms with Crippen LogP contribution in [0.2, 0.25) is 0 Å². The molecule has 1 saturated carbocycles. The molecule has 3 nitrogen and oxygen atoms in total. The second kappa shape index (κ2) is 6.42. The fraction of sp³-hybridized carbons (Fsp3) is 0.409. The van der Waals surface area contributed by atoms with Crippen LogP contribution >= 0.6 is 0 Å². The first-order chi connectivity index (χ1) is 12.4. The minimum absolute atomic E-state index is 0.122. The van der Waals surface area contributed by atoms with Gasteiger partial charge in [-0.3, -0.25) is 4.79 Å². The number of hydrogen-bond donors (Lipinski definition) is 1. The van der Waals surface area contributed by atoms with Crippen LogP contribution in [0.5, 0.6) is 0 Å². The Morgan fingerprint density at radius 3 is 2.62 bits per heavy atom. The number of carbonyl (C=O) groups excluding carboxylic acids is 1. The molecule has 2 aromatic carbocycles. The van der Waals surface area contributed by atoms with Crippen LogP contribution in [0.1, 0.15) is 42.9 Å². The number of amides is 1. The Hall–Kier alpha value is -2.36. The monoisotopic (exact) mass is 352 g/mol. The number of carbonyl (C=O) groups is 1. The molecule has 1 N–H and O–H groups in total. The molecule has 26 heavy (non-hydrogen) atoms. The summed E-state index contributed by atoms with van der Waals surface area (Å²) in [5, 5.41) is 3.11. The van der Waals surface area contributed by atoms with Gasteiger partial charge >= 0.3 is 0 Å². The molecule has 1 fully saturated rings. The van der Waals surface area contributed by atoms with E-state index in [0.717, 1.165) is 43.7 Å². The Morgan fingerprint density at radius 2 is 1.92 bits per heavy atom. The van der Waals surface area contributed by atoms with Crippen molar-refractivity contribution >= 4 is 17.3 Å². The molecule has 0 aromatic heterocycles. The Kier molecular flexibility index (Phi) is 4.22. The molecule has 2 aromatic rings. The number of fused-ring (bicyclic) bond motifs is 1. The van der Waals surface area contributed by atoms with Gasteiger partial charge in [0.1, 0.15) is 5.82 Å². The maximum Gasteiger partial charge on any atom is 0.224 e. The van der Waals surface area contributed by atoms with Gasteiger partial charge in [-0.15, -0.1) is 0 Å². The number of benzene rings is 2. The minimum Gasteiger partial charge on any atom is -0.367 e. The fourth-order valence-electron chi connectivity index (χ4n) is 3.82. The lowest BCUT2D eigenvalue weighted by Crippen LogP contribution is -2.31. The fourth-order valence-corrected chi connectivity index (χ4v) is 3.82. The molecule has 1 aliphatic heterocycles. The van der Waals surface area contributed by atoms with Crippen molar-refractivity contribution in [1.29, 1.82) is 0 Å².